The second-order valence-electron chi connectivity index (χ2n) is 6.85. The van der Waals surface area contributed by atoms with Gasteiger partial charge in [0.15, 0.2) is 0 Å². The van der Waals surface area contributed by atoms with Crippen molar-refractivity contribution in [3.8, 4) is 0 Å². The minimum atomic E-state index is -0.686. The largest absolute Gasteiger partial charge is 0.469 e. The summed E-state index contributed by atoms with van der Waals surface area (Å²) in [7, 11) is 1.28. The highest BCUT2D eigenvalue weighted by Crippen LogP contribution is 2.22. The molecule has 2 N–H and O–H groups in total. The van der Waals surface area contributed by atoms with Crippen LogP contribution in [0, 0.1) is 0 Å². The van der Waals surface area contributed by atoms with E-state index in [0.717, 1.165) is 18.8 Å². The van der Waals surface area contributed by atoms with E-state index in [1.54, 1.807) is 4.90 Å². The van der Waals surface area contributed by atoms with Gasteiger partial charge >= 0.3 is 5.97 Å². The first-order valence-electron chi connectivity index (χ1n) is 9.30. The smallest absolute Gasteiger partial charge is 0.307 e. The summed E-state index contributed by atoms with van der Waals surface area (Å²) in [5.41, 5.74) is 1.88. The van der Waals surface area contributed by atoms with Crippen molar-refractivity contribution >= 4 is 29.2 Å². The van der Waals surface area contributed by atoms with Gasteiger partial charge in [-0.15, -0.1) is 0 Å². The second-order valence-corrected chi connectivity index (χ2v) is 6.85. The van der Waals surface area contributed by atoms with Crippen molar-refractivity contribution in [1.82, 2.24) is 10.2 Å². The Morgan fingerprint density at radius 2 is 1.89 bits per heavy atom. The van der Waals surface area contributed by atoms with Crippen LogP contribution in [0.25, 0.3) is 0 Å². The van der Waals surface area contributed by atoms with Crippen LogP contribution in [0.5, 0.6) is 0 Å². The average molecular weight is 374 g/mol. The van der Waals surface area contributed by atoms with E-state index in [4.69, 9.17) is 0 Å². The highest BCUT2D eigenvalue weighted by Gasteiger charge is 2.33. The summed E-state index contributed by atoms with van der Waals surface area (Å²) in [6, 6.07) is 7.11. The van der Waals surface area contributed by atoms with Gasteiger partial charge in [0.25, 0.3) is 0 Å². The van der Waals surface area contributed by atoms with Gasteiger partial charge in [-0.25, -0.2) is 0 Å². The van der Waals surface area contributed by atoms with Crippen LogP contribution in [-0.4, -0.2) is 68.6 Å². The number of rotatable bonds is 6. The molecule has 2 heterocycles. The topological polar surface area (TPSA) is 91.0 Å². The number of benzene rings is 1. The zero-order valence-electron chi connectivity index (χ0n) is 15.6. The number of anilines is 2. The summed E-state index contributed by atoms with van der Waals surface area (Å²) in [5, 5.41) is 5.59. The third-order valence-corrected chi connectivity index (χ3v) is 5.00. The Labute approximate surface area is 158 Å². The third-order valence-electron chi connectivity index (χ3n) is 5.00. The molecule has 1 aromatic carbocycles. The number of hydrogen-bond donors (Lipinski definition) is 2. The van der Waals surface area contributed by atoms with E-state index in [9.17, 15) is 14.4 Å². The van der Waals surface area contributed by atoms with Crippen LogP contribution < -0.4 is 15.5 Å². The fourth-order valence-corrected chi connectivity index (χ4v) is 3.53. The molecule has 0 unspecified atom stereocenters. The molecule has 0 spiro atoms. The fraction of sp³-hybridized carbons (Fsp3) is 0.526. The van der Waals surface area contributed by atoms with Crippen LogP contribution >= 0.6 is 0 Å². The Morgan fingerprint density at radius 1 is 1.19 bits per heavy atom. The normalized spacial score (nSPS) is 20.3. The van der Waals surface area contributed by atoms with E-state index in [1.165, 1.54) is 20.0 Å². The van der Waals surface area contributed by atoms with E-state index >= 15 is 0 Å². The lowest BCUT2D eigenvalue weighted by molar-refractivity contribution is -0.146. The van der Waals surface area contributed by atoms with Crippen molar-refractivity contribution in [1.29, 1.82) is 0 Å². The summed E-state index contributed by atoms with van der Waals surface area (Å²) in [4.78, 5) is 40.1. The van der Waals surface area contributed by atoms with Crippen LogP contribution in [0.4, 0.5) is 11.4 Å². The number of piperazine rings is 1. The van der Waals surface area contributed by atoms with Crippen LogP contribution in [0.3, 0.4) is 0 Å². The first-order chi connectivity index (χ1) is 13.1. The maximum atomic E-state index is 12.4. The average Bonchev–Trinajstić information content (AvgIpc) is 3.19. The molecule has 0 aromatic heterocycles. The predicted molar refractivity (Wildman–Crippen MR) is 102 cm³/mol. The van der Waals surface area contributed by atoms with Crippen molar-refractivity contribution in [2.24, 2.45) is 0 Å². The summed E-state index contributed by atoms with van der Waals surface area (Å²) in [6.07, 6.45) is 2.36. The minimum absolute atomic E-state index is 0.0446. The van der Waals surface area contributed by atoms with Gasteiger partial charge in [0.2, 0.25) is 11.8 Å². The number of carbonyl (C=O) groups is 3. The van der Waals surface area contributed by atoms with Crippen LogP contribution in [-0.2, 0) is 19.1 Å². The van der Waals surface area contributed by atoms with Gasteiger partial charge in [-0.2, -0.15) is 0 Å². The molecule has 2 aliphatic heterocycles. The van der Waals surface area contributed by atoms with E-state index in [1.807, 2.05) is 24.3 Å². The lowest BCUT2D eigenvalue weighted by Gasteiger charge is -2.33. The Bertz CT molecular complexity index is 685. The number of nitrogens with one attached hydrogen (secondary N) is 2. The highest BCUT2D eigenvalue weighted by molar-refractivity contribution is 5.93. The van der Waals surface area contributed by atoms with Crippen molar-refractivity contribution in [3.05, 3.63) is 24.3 Å². The molecule has 8 nitrogen and oxygen atoms in total. The van der Waals surface area contributed by atoms with Crippen LogP contribution in [0.1, 0.15) is 19.3 Å². The van der Waals surface area contributed by atoms with Gasteiger partial charge in [-0.1, -0.05) is 0 Å². The Morgan fingerprint density at radius 3 is 2.56 bits per heavy atom. The van der Waals surface area contributed by atoms with E-state index in [2.05, 4.69) is 20.3 Å². The first-order valence-corrected chi connectivity index (χ1v) is 9.30. The molecule has 1 atom stereocenters. The first kappa shape index (κ1) is 19.2. The predicted octanol–water partition coefficient (Wildman–Crippen LogP) is 0.589. The molecule has 146 valence electrons. The molecular weight excluding hydrogens is 348 g/mol. The SMILES string of the molecule is COC(=O)C[C@H]1C(=O)NCCN1CC(=O)Nc1ccc(N2CCCC2)cc1. The van der Waals surface area contributed by atoms with Crippen LogP contribution in [0.15, 0.2) is 24.3 Å². The molecule has 2 amide bonds. The number of ether oxygens (including phenoxy) is 1. The molecule has 0 saturated carbocycles. The minimum Gasteiger partial charge on any atom is -0.469 e. The third kappa shape index (κ3) is 4.97. The zero-order chi connectivity index (χ0) is 19.2. The lowest BCUT2D eigenvalue weighted by Crippen LogP contribution is -2.57. The molecular formula is C19H26N4O4. The highest BCUT2D eigenvalue weighted by atomic mass is 16.5. The van der Waals surface area contributed by atoms with Crippen molar-refractivity contribution in [3.63, 3.8) is 0 Å². The number of methoxy groups -OCH3 is 1. The number of carbonyl (C=O) groups excluding carboxylic acids is 3. The van der Waals surface area contributed by atoms with Crippen LogP contribution in [0.2, 0.25) is 0 Å². The van der Waals surface area contributed by atoms with E-state index < -0.39 is 12.0 Å². The quantitative estimate of drug-likeness (QED) is 0.708. The molecule has 0 aliphatic carbocycles. The number of amides is 2. The summed E-state index contributed by atoms with van der Waals surface area (Å²) in [5.74, 6) is -0.942. The molecule has 2 fully saturated rings. The number of hydrogen-bond acceptors (Lipinski definition) is 6. The molecule has 2 aliphatic rings. The fourth-order valence-electron chi connectivity index (χ4n) is 3.53. The summed E-state index contributed by atoms with van der Waals surface area (Å²) in [6.45, 7) is 3.15. The molecule has 27 heavy (non-hydrogen) atoms. The molecule has 1 aromatic rings. The zero-order valence-corrected chi connectivity index (χ0v) is 15.6. The number of esters is 1. The summed E-state index contributed by atoms with van der Waals surface area (Å²) >= 11 is 0. The summed E-state index contributed by atoms with van der Waals surface area (Å²) < 4.78 is 4.65. The van der Waals surface area contributed by atoms with Gasteiger partial charge in [-0.3, -0.25) is 19.3 Å². The Hall–Kier alpha value is -2.61. The molecule has 8 heteroatoms. The monoisotopic (exact) mass is 374 g/mol. The Balaban J connectivity index is 1.56. The van der Waals surface area contributed by atoms with Crippen molar-refractivity contribution < 1.29 is 19.1 Å². The molecule has 2 saturated heterocycles. The molecule has 0 radical (unpaired) electrons. The number of nitrogens with zero attached hydrogens (tertiary/aromatic N) is 2. The molecule has 3 rings (SSSR count). The van der Waals surface area contributed by atoms with Gasteiger partial charge in [-0.05, 0) is 37.1 Å². The second kappa shape index (κ2) is 8.85. The lowest BCUT2D eigenvalue weighted by atomic mass is 10.1. The van der Waals surface area contributed by atoms with E-state index in [0.29, 0.717) is 18.8 Å². The molecule has 0 bridgehead atoms. The maximum Gasteiger partial charge on any atom is 0.307 e. The standard InChI is InChI=1S/C19H26N4O4/c1-27-18(25)12-16-19(26)20-8-11-23(16)13-17(24)21-14-4-6-15(7-5-14)22-9-2-3-10-22/h4-7,16H,2-3,8-13H2,1H3,(H,20,26)(H,21,24)/t16-/m0/s1. The van der Waals surface area contributed by atoms with Gasteiger partial charge in [0, 0.05) is 37.6 Å². The van der Waals surface area contributed by atoms with Crippen molar-refractivity contribution in [2.45, 2.75) is 25.3 Å². The van der Waals surface area contributed by atoms with Gasteiger partial charge < -0.3 is 20.3 Å². The Kier molecular flexibility index (Phi) is 6.28. The van der Waals surface area contributed by atoms with Gasteiger partial charge in [0.05, 0.1) is 20.1 Å². The van der Waals surface area contributed by atoms with Crippen molar-refractivity contribution in [2.75, 3.05) is 50.1 Å². The van der Waals surface area contributed by atoms with Gasteiger partial charge in [0.1, 0.15) is 6.04 Å². The maximum absolute atomic E-state index is 12.4. The van der Waals surface area contributed by atoms with E-state index in [-0.39, 0.29) is 24.8 Å².